The first-order valence-corrected chi connectivity index (χ1v) is 9.78. The quantitative estimate of drug-likeness (QED) is 0.719. The van der Waals surface area contributed by atoms with Crippen LogP contribution in [0.4, 0.5) is 0 Å². The fraction of sp³-hybridized carbons (Fsp3) is 0.444. The third-order valence-corrected chi connectivity index (χ3v) is 5.68. The molecule has 0 radical (unpaired) electrons. The molecule has 1 fully saturated rings. The van der Waals surface area contributed by atoms with Crippen molar-refractivity contribution in [2.75, 3.05) is 13.1 Å². The second-order valence-corrected chi connectivity index (χ2v) is 7.83. The molecule has 2 aromatic heterocycles. The van der Waals surface area contributed by atoms with Gasteiger partial charge in [0.1, 0.15) is 0 Å². The zero-order valence-electron chi connectivity index (χ0n) is 14.7. The van der Waals surface area contributed by atoms with E-state index in [2.05, 4.69) is 32.0 Å². The standard InChI is InChI=1S/C18H22N6OS/c1-12(10-17-21-14-4-2-3-5-16(14)26-17)20-18(25)15-11-24(23-22-15)13-6-8-19-9-7-13/h2-5,11-13,19H,6-10H2,1H3,(H,20,25). The van der Waals surface area contributed by atoms with E-state index >= 15 is 0 Å². The van der Waals surface area contributed by atoms with Gasteiger partial charge in [-0.05, 0) is 45.0 Å². The Morgan fingerprint density at radius 3 is 3.00 bits per heavy atom. The molecule has 136 valence electrons. The molecule has 7 nitrogen and oxygen atoms in total. The van der Waals surface area contributed by atoms with Gasteiger partial charge in [-0.25, -0.2) is 9.67 Å². The molecule has 3 heterocycles. The van der Waals surface area contributed by atoms with Crippen LogP contribution in [0.3, 0.4) is 0 Å². The Morgan fingerprint density at radius 2 is 2.19 bits per heavy atom. The Hall–Kier alpha value is -2.32. The number of aromatic nitrogens is 4. The number of para-hydroxylation sites is 1. The van der Waals surface area contributed by atoms with Crippen LogP contribution in [0.5, 0.6) is 0 Å². The summed E-state index contributed by atoms with van der Waals surface area (Å²) < 4.78 is 3.00. The minimum absolute atomic E-state index is 0.0212. The molecule has 1 aromatic carbocycles. The molecular weight excluding hydrogens is 348 g/mol. The van der Waals surface area contributed by atoms with Gasteiger partial charge in [-0.1, -0.05) is 17.3 Å². The summed E-state index contributed by atoms with van der Waals surface area (Å²) in [5.74, 6) is -0.182. The Kier molecular flexibility index (Phi) is 4.94. The molecule has 1 aliphatic heterocycles. The maximum Gasteiger partial charge on any atom is 0.273 e. The number of benzene rings is 1. The van der Waals surface area contributed by atoms with Gasteiger partial charge in [0.05, 0.1) is 27.5 Å². The number of nitrogens with one attached hydrogen (secondary N) is 2. The third-order valence-electron chi connectivity index (χ3n) is 4.62. The van der Waals surface area contributed by atoms with Crippen LogP contribution in [0.25, 0.3) is 10.2 Å². The predicted molar refractivity (Wildman–Crippen MR) is 101 cm³/mol. The predicted octanol–water partition coefficient (Wildman–Crippen LogP) is 2.17. The molecule has 8 heteroatoms. The fourth-order valence-corrected chi connectivity index (χ4v) is 4.34. The number of fused-ring (bicyclic) bond motifs is 1. The van der Waals surface area contributed by atoms with Crippen LogP contribution in [0.15, 0.2) is 30.5 Å². The lowest BCUT2D eigenvalue weighted by atomic mass is 10.1. The SMILES string of the molecule is CC(Cc1nc2ccccc2s1)NC(=O)c1cn(C2CCNCC2)nn1. The number of nitrogens with zero attached hydrogens (tertiary/aromatic N) is 4. The van der Waals surface area contributed by atoms with Gasteiger partial charge in [-0.3, -0.25) is 4.79 Å². The van der Waals surface area contributed by atoms with Gasteiger partial charge in [0.2, 0.25) is 0 Å². The molecule has 1 amide bonds. The summed E-state index contributed by atoms with van der Waals surface area (Å²) in [4.78, 5) is 17.1. The molecule has 1 atom stereocenters. The second-order valence-electron chi connectivity index (χ2n) is 6.72. The second kappa shape index (κ2) is 7.51. The zero-order valence-corrected chi connectivity index (χ0v) is 15.5. The minimum atomic E-state index is -0.182. The molecule has 0 aliphatic carbocycles. The maximum atomic E-state index is 12.5. The number of carbonyl (C=O) groups is 1. The largest absolute Gasteiger partial charge is 0.348 e. The number of hydrogen-bond acceptors (Lipinski definition) is 6. The van der Waals surface area contributed by atoms with Gasteiger partial charge in [-0.15, -0.1) is 16.4 Å². The van der Waals surface area contributed by atoms with E-state index in [1.54, 1.807) is 17.5 Å². The normalized spacial score (nSPS) is 16.7. The summed E-state index contributed by atoms with van der Waals surface area (Å²) in [7, 11) is 0. The van der Waals surface area contributed by atoms with Crippen molar-refractivity contribution in [1.29, 1.82) is 0 Å². The Bertz CT molecular complexity index is 865. The molecule has 1 saturated heterocycles. The van der Waals surface area contributed by atoms with Crippen molar-refractivity contribution in [2.45, 2.75) is 38.3 Å². The number of amides is 1. The monoisotopic (exact) mass is 370 g/mol. The summed E-state index contributed by atoms with van der Waals surface area (Å²) in [6.45, 7) is 3.94. The van der Waals surface area contributed by atoms with Crippen LogP contribution in [0.2, 0.25) is 0 Å². The van der Waals surface area contributed by atoms with Crippen LogP contribution >= 0.6 is 11.3 Å². The fourth-order valence-electron chi connectivity index (χ4n) is 3.25. The highest BCUT2D eigenvalue weighted by molar-refractivity contribution is 7.18. The van der Waals surface area contributed by atoms with E-state index in [0.717, 1.165) is 36.5 Å². The molecule has 26 heavy (non-hydrogen) atoms. The van der Waals surface area contributed by atoms with Crippen molar-refractivity contribution in [3.63, 3.8) is 0 Å². The maximum absolute atomic E-state index is 12.5. The zero-order chi connectivity index (χ0) is 17.9. The van der Waals surface area contributed by atoms with Gasteiger partial charge in [-0.2, -0.15) is 0 Å². The van der Waals surface area contributed by atoms with Crippen LogP contribution in [0, 0.1) is 0 Å². The Balaban J connectivity index is 1.37. The number of carbonyl (C=O) groups excluding carboxylic acids is 1. The van der Waals surface area contributed by atoms with E-state index in [-0.39, 0.29) is 11.9 Å². The average molecular weight is 370 g/mol. The average Bonchev–Trinajstić information content (AvgIpc) is 3.29. The highest BCUT2D eigenvalue weighted by Gasteiger charge is 2.20. The lowest BCUT2D eigenvalue weighted by Gasteiger charge is -2.22. The van der Waals surface area contributed by atoms with E-state index in [9.17, 15) is 4.79 Å². The number of rotatable bonds is 5. The van der Waals surface area contributed by atoms with E-state index < -0.39 is 0 Å². The van der Waals surface area contributed by atoms with Crippen molar-refractivity contribution in [1.82, 2.24) is 30.6 Å². The summed E-state index contributed by atoms with van der Waals surface area (Å²) in [5.41, 5.74) is 1.38. The smallest absolute Gasteiger partial charge is 0.273 e. The van der Waals surface area contributed by atoms with Crippen molar-refractivity contribution in [3.05, 3.63) is 41.2 Å². The summed E-state index contributed by atoms with van der Waals surface area (Å²) >= 11 is 1.67. The van der Waals surface area contributed by atoms with E-state index in [4.69, 9.17) is 0 Å². The van der Waals surface area contributed by atoms with Gasteiger partial charge < -0.3 is 10.6 Å². The number of thiazole rings is 1. The van der Waals surface area contributed by atoms with Crippen molar-refractivity contribution < 1.29 is 4.79 Å². The molecule has 3 aromatic rings. The van der Waals surface area contributed by atoms with Gasteiger partial charge in [0.25, 0.3) is 5.91 Å². The lowest BCUT2D eigenvalue weighted by molar-refractivity contribution is 0.0935. The van der Waals surface area contributed by atoms with Crippen molar-refractivity contribution in [2.24, 2.45) is 0 Å². The first-order chi connectivity index (χ1) is 12.7. The minimum Gasteiger partial charge on any atom is -0.348 e. The summed E-state index contributed by atoms with van der Waals surface area (Å²) in [6.07, 6.45) is 4.49. The van der Waals surface area contributed by atoms with Crippen molar-refractivity contribution in [3.8, 4) is 0 Å². The molecule has 2 N–H and O–H groups in total. The first kappa shape index (κ1) is 17.1. The highest BCUT2D eigenvalue weighted by Crippen LogP contribution is 2.22. The van der Waals surface area contributed by atoms with E-state index in [1.165, 1.54) is 4.70 Å². The molecule has 1 unspecified atom stereocenters. The molecule has 1 aliphatic rings. The Morgan fingerprint density at radius 1 is 1.38 bits per heavy atom. The van der Waals surface area contributed by atoms with E-state index in [1.807, 2.05) is 29.8 Å². The van der Waals surface area contributed by atoms with Crippen LogP contribution in [-0.2, 0) is 6.42 Å². The van der Waals surface area contributed by atoms with E-state index in [0.29, 0.717) is 18.2 Å². The van der Waals surface area contributed by atoms with Gasteiger partial charge in [0.15, 0.2) is 5.69 Å². The first-order valence-electron chi connectivity index (χ1n) is 8.97. The van der Waals surface area contributed by atoms with Crippen molar-refractivity contribution >= 4 is 27.5 Å². The van der Waals surface area contributed by atoms with Crippen LogP contribution in [0.1, 0.15) is 41.3 Å². The third kappa shape index (κ3) is 3.76. The summed E-state index contributed by atoms with van der Waals surface area (Å²) in [5, 5.41) is 15.6. The molecular formula is C18H22N6OS. The molecule has 0 bridgehead atoms. The highest BCUT2D eigenvalue weighted by atomic mass is 32.1. The lowest BCUT2D eigenvalue weighted by Crippen LogP contribution is -2.34. The topological polar surface area (TPSA) is 84.7 Å². The molecule has 4 rings (SSSR count). The number of hydrogen-bond donors (Lipinski definition) is 2. The summed E-state index contributed by atoms with van der Waals surface area (Å²) in [6, 6.07) is 8.39. The van der Waals surface area contributed by atoms with Gasteiger partial charge >= 0.3 is 0 Å². The molecule has 0 saturated carbocycles. The van der Waals surface area contributed by atoms with Crippen LogP contribution < -0.4 is 10.6 Å². The van der Waals surface area contributed by atoms with Crippen LogP contribution in [-0.4, -0.2) is 45.0 Å². The van der Waals surface area contributed by atoms with Gasteiger partial charge in [0, 0.05) is 12.5 Å². The Labute approximate surface area is 155 Å². The molecule has 0 spiro atoms. The number of piperidine rings is 1.